The first-order valence-electron chi connectivity index (χ1n) is 5.79. The maximum Gasteiger partial charge on any atom is 0.220 e. The van der Waals surface area contributed by atoms with Gasteiger partial charge in [0.05, 0.1) is 0 Å². The van der Waals surface area contributed by atoms with E-state index in [0.717, 1.165) is 25.0 Å². The highest BCUT2D eigenvalue weighted by Crippen LogP contribution is 2.49. The molecule has 1 unspecified atom stereocenters. The van der Waals surface area contributed by atoms with E-state index in [0.29, 0.717) is 12.5 Å². The van der Waals surface area contributed by atoms with Crippen molar-refractivity contribution in [3.05, 3.63) is 12.2 Å². The molecule has 2 aliphatic carbocycles. The second kappa shape index (κ2) is 4.60. The van der Waals surface area contributed by atoms with Crippen molar-refractivity contribution in [3.8, 4) is 0 Å². The van der Waals surface area contributed by atoms with E-state index in [1.54, 1.807) is 0 Å². The predicted octanol–water partition coefficient (Wildman–Crippen LogP) is 2.31. The van der Waals surface area contributed by atoms with Crippen molar-refractivity contribution in [3.63, 3.8) is 0 Å². The number of allylic oxidation sites excluding steroid dienone is 1. The van der Waals surface area contributed by atoms with Gasteiger partial charge >= 0.3 is 0 Å². The minimum absolute atomic E-state index is 0.224. The predicted molar refractivity (Wildman–Crippen MR) is 65.1 cm³/mol. The minimum atomic E-state index is 0.224. The Bertz CT molecular complexity index is 271. The van der Waals surface area contributed by atoms with Crippen LogP contribution in [0.3, 0.4) is 0 Å². The van der Waals surface area contributed by atoms with Gasteiger partial charge in [-0.2, -0.15) is 12.6 Å². The van der Waals surface area contributed by atoms with Crippen LogP contribution in [0, 0.1) is 5.41 Å². The number of hydrogen-bond acceptors (Lipinski definition) is 2. The van der Waals surface area contributed by atoms with E-state index in [1.165, 1.54) is 12.8 Å². The number of amides is 1. The number of carbonyl (C=O) groups excluding carboxylic acids is 1. The first kappa shape index (κ1) is 11.1. The van der Waals surface area contributed by atoms with E-state index in [2.05, 4.69) is 30.1 Å². The highest BCUT2D eigenvalue weighted by Gasteiger charge is 2.42. The Kier molecular flexibility index (Phi) is 3.39. The average molecular weight is 225 g/mol. The van der Waals surface area contributed by atoms with Crippen LogP contribution in [0.1, 0.15) is 38.5 Å². The highest BCUT2D eigenvalue weighted by atomic mass is 32.1. The van der Waals surface area contributed by atoms with Crippen molar-refractivity contribution in [2.24, 2.45) is 5.41 Å². The summed E-state index contributed by atoms with van der Waals surface area (Å²) in [6.07, 6.45) is 10.6. The summed E-state index contributed by atoms with van der Waals surface area (Å²) in [5.74, 6) is 1.08. The van der Waals surface area contributed by atoms with Gasteiger partial charge in [0.15, 0.2) is 0 Å². The smallest absolute Gasteiger partial charge is 0.220 e. The Morgan fingerprint density at radius 2 is 2.27 bits per heavy atom. The van der Waals surface area contributed by atoms with Crippen LogP contribution in [0.2, 0.25) is 0 Å². The number of rotatable bonds is 4. The van der Waals surface area contributed by atoms with Crippen LogP contribution in [0.25, 0.3) is 0 Å². The molecule has 3 heteroatoms. The van der Waals surface area contributed by atoms with Gasteiger partial charge in [0.2, 0.25) is 5.91 Å². The molecule has 1 N–H and O–H groups in total. The van der Waals surface area contributed by atoms with Gasteiger partial charge in [-0.25, -0.2) is 0 Å². The zero-order valence-corrected chi connectivity index (χ0v) is 9.93. The van der Waals surface area contributed by atoms with Gasteiger partial charge in [0.1, 0.15) is 0 Å². The fourth-order valence-electron chi connectivity index (χ4n) is 2.11. The van der Waals surface area contributed by atoms with Crippen LogP contribution in [-0.4, -0.2) is 17.7 Å². The molecule has 0 radical (unpaired) electrons. The first-order chi connectivity index (χ1) is 7.24. The van der Waals surface area contributed by atoms with Gasteiger partial charge in [0, 0.05) is 12.5 Å². The molecular weight excluding hydrogens is 206 g/mol. The van der Waals surface area contributed by atoms with Gasteiger partial charge in [-0.15, -0.1) is 0 Å². The van der Waals surface area contributed by atoms with Gasteiger partial charge in [-0.05, 0) is 43.3 Å². The van der Waals surface area contributed by atoms with Crippen molar-refractivity contribution in [1.29, 1.82) is 0 Å². The summed E-state index contributed by atoms with van der Waals surface area (Å²) < 4.78 is 0. The van der Waals surface area contributed by atoms with Crippen LogP contribution in [0.5, 0.6) is 0 Å². The summed E-state index contributed by atoms with van der Waals surface area (Å²) in [7, 11) is 0. The minimum Gasteiger partial charge on any atom is -0.353 e. The molecule has 1 atom stereocenters. The third-order valence-electron chi connectivity index (χ3n) is 3.46. The Balaban J connectivity index is 1.74. The number of hydrogen-bond donors (Lipinski definition) is 2. The Morgan fingerprint density at radius 3 is 2.80 bits per heavy atom. The quantitative estimate of drug-likeness (QED) is 0.558. The maximum atomic E-state index is 11.8. The van der Waals surface area contributed by atoms with E-state index in [9.17, 15) is 4.79 Å². The lowest BCUT2D eigenvalue weighted by atomic mass is 10.0. The molecule has 1 amide bonds. The normalized spacial score (nSPS) is 27.4. The van der Waals surface area contributed by atoms with Crippen molar-refractivity contribution < 1.29 is 4.79 Å². The lowest BCUT2D eigenvalue weighted by Crippen LogP contribution is -2.36. The van der Waals surface area contributed by atoms with Crippen LogP contribution >= 0.6 is 12.6 Å². The van der Waals surface area contributed by atoms with Gasteiger partial charge in [-0.1, -0.05) is 12.2 Å². The molecule has 0 saturated heterocycles. The van der Waals surface area contributed by atoms with Crippen molar-refractivity contribution in [1.82, 2.24) is 5.32 Å². The molecule has 2 rings (SSSR count). The molecule has 0 aliphatic heterocycles. The Hall–Kier alpha value is -0.440. The number of thiol groups is 1. The summed E-state index contributed by atoms with van der Waals surface area (Å²) >= 11 is 4.31. The van der Waals surface area contributed by atoms with E-state index in [4.69, 9.17) is 0 Å². The maximum absolute atomic E-state index is 11.8. The molecule has 0 heterocycles. The average Bonchev–Trinajstić information content (AvgIpc) is 3.00. The van der Waals surface area contributed by atoms with E-state index >= 15 is 0 Å². The standard InChI is InChI=1S/C12H19NOS/c14-11(8-12(9-15)6-7-12)13-10-4-2-1-3-5-10/h1-2,10,15H,3-9H2,(H,13,14). The molecule has 0 aromatic heterocycles. The molecule has 2 nitrogen and oxygen atoms in total. The third-order valence-corrected chi connectivity index (χ3v) is 4.13. The van der Waals surface area contributed by atoms with E-state index in [1.807, 2.05) is 0 Å². The SMILES string of the molecule is O=C(CC1(CS)CC1)NC1CC=CCC1. The zero-order valence-electron chi connectivity index (χ0n) is 9.04. The highest BCUT2D eigenvalue weighted by molar-refractivity contribution is 7.80. The zero-order chi connectivity index (χ0) is 10.7. The summed E-state index contributed by atoms with van der Waals surface area (Å²) in [5.41, 5.74) is 0.248. The van der Waals surface area contributed by atoms with Crippen LogP contribution in [-0.2, 0) is 4.79 Å². The monoisotopic (exact) mass is 225 g/mol. The lowest BCUT2D eigenvalue weighted by molar-refractivity contribution is -0.122. The van der Waals surface area contributed by atoms with E-state index < -0.39 is 0 Å². The number of nitrogens with one attached hydrogen (secondary N) is 1. The Morgan fingerprint density at radius 1 is 1.47 bits per heavy atom. The van der Waals surface area contributed by atoms with Gasteiger partial charge < -0.3 is 5.32 Å². The van der Waals surface area contributed by atoms with Crippen molar-refractivity contribution in [2.45, 2.75) is 44.6 Å². The van der Waals surface area contributed by atoms with Gasteiger partial charge in [-0.3, -0.25) is 4.79 Å². The fraction of sp³-hybridized carbons (Fsp3) is 0.750. The molecule has 0 bridgehead atoms. The molecule has 0 aromatic rings. The molecule has 1 fully saturated rings. The van der Waals surface area contributed by atoms with Crippen LogP contribution in [0.15, 0.2) is 12.2 Å². The van der Waals surface area contributed by atoms with Crippen LogP contribution in [0.4, 0.5) is 0 Å². The molecule has 1 saturated carbocycles. The second-order valence-electron chi connectivity index (χ2n) is 4.88. The molecule has 15 heavy (non-hydrogen) atoms. The summed E-state index contributed by atoms with van der Waals surface area (Å²) in [6, 6.07) is 0.373. The fourth-order valence-corrected chi connectivity index (χ4v) is 2.54. The Labute approximate surface area is 96.9 Å². The third kappa shape index (κ3) is 3.00. The summed E-state index contributed by atoms with van der Waals surface area (Å²) in [4.78, 5) is 11.8. The number of carbonyl (C=O) groups is 1. The molecule has 0 aromatic carbocycles. The van der Waals surface area contributed by atoms with E-state index in [-0.39, 0.29) is 11.3 Å². The second-order valence-corrected chi connectivity index (χ2v) is 5.20. The molecule has 2 aliphatic rings. The first-order valence-corrected chi connectivity index (χ1v) is 6.43. The summed E-state index contributed by atoms with van der Waals surface area (Å²) in [5, 5.41) is 3.13. The lowest BCUT2D eigenvalue weighted by Gasteiger charge is -2.20. The van der Waals surface area contributed by atoms with Crippen molar-refractivity contribution >= 4 is 18.5 Å². The molecule has 0 spiro atoms. The van der Waals surface area contributed by atoms with Gasteiger partial charge in [0.25, 0.3) is 0 Å². The van der Waals surface area contributed by atoms with Crippen LogP contribution < -0.4 is 5.32 Å². The molecular formula is C12H19NOS. The summed E-state index contributed by atoms with van der Waals surface area (Å²) in [6.45, 7) is 0. The largest absolute Gasteiger partial charge is 0.353 e. The van der Waals surface area contributed by atoms with Crippen molar-refractivity contribution in [2.75, 3.05) is 5.75 Å². The topological polar surface area (TPSA) is 29.1 Å². The molecule has 84 valence electrons.